The molecule has 34 heavy (non-hydrogen) atoms. The average Bonchev–Trinajstić information content (AvgIpc) is 3.45. The second-order valence-electron chi connectivity index (χ2n) is 7.90. The number of aromatic nitrogens is 5. The molecule has 0 saturated heterocycles. The summed E-state index contributed by atoms with van der Waals surface area (Å²) in [6, 6.07) is 18.3. The molecule has 0 radical (unpaired) electrons. The lowest BCUT2D eigenvalue weighted by atomic mass is 10.1. The Morgan fingerprint density at radius 2 is 1.85 bits per heavy atom. The molecule has 0 unspecified atom stereocenters. The first-order chi connectivity index (χ1) is 16.5. The maximum atomic E-state index is 13.8. The fourth-order valence-corrected chi connectivity index (χ4v) is 3.77. The number of halogens is 2. The minimum Gasteiger partial charge on any atom is -0.319 e. The Kier molecular flexibility index (Phi) is 5.59. The molecule has 0 aliphatic heterocycles. The number of hydrogen-bond acceptors (Lipinski definition) is 4. The third kappa shape index (κ3) is 4.27. The lowest BCUT2D eigenvalue weighted by Gasteiger charge is -2.08. The maximum absolute atomic E-state index is 13.8. The van der Waals surface area contributed by atoms with Gasteiger partial charge in [0, 0.05) is 11.8 Å². The molecule has 7 nitrogen and oxygen atoms in total. The zero-order valence-corrected chi connectivity index (χ0v) is 18.2. The number of amides is 1. The minimum atomic E-state index is -2.79. The fourth-order valence-electron chi connectivity index (χ4n) is 3.77. The first-order valence-corrected chi connectivity index (χ1v) is 10.6. The van der Waals surface area contributed by atoms with E-state index in [1.807, 2.05) is 31.2 Å². The molecule has 0 bridgehead atoms. The van der Waals surface area contributed by atoms with Crippen molar-refractivity contribution in [1.82, 2.24) is 24.4 Å². The molecular formula is C25H20F2N6O. The predicted octanol–water partition coefficient (Wildman–Crippen LogP) is 5.14. The number of hydrogen-bond donors (Lipinski definition) is 1. The van der Waals surface area contributed by atoms with Gasteiger partial charge in [-0.15, -0.1) is 0 Å². The number of carbonyl (C=O) groups excluding carboxylic acids is 1. The molecule has 9 heteroatoms. The van der Waals surface area contributed by atoms with E-state index in [0.29, 0.717) is 23.5 Å². The topological polar surface area (TPSA) is 77.1 Å². The van der Waals surface area contributed by atoms with Crippen molar-refractivity contribution in [2.24, 2.45) is 0 Å². The van der Waals surface area contributed by atoms with Gasteiger partial charge in [-0.3, -0.25) is 9.48 Å². The number of rotatable bonds is 6. The van der Waals surface area contributed by atoms with Gasteiger partial charge in [0.25, 0.3) is 12.3 Å². The molecule has 0 saturated carbocycles. The van der Waals surface area contributed by atoms with Crippen molar-refractivity contribution in [2.45, 2.75) is 19.9 Å². The number of nitrogens with zero attached hydrogens (tertiary/aromatic N) is 5. The molecule has 5 rings (SSSR count). The number of fused-ring (bicyclic) bond motifs is 1. The third-order valence-corrected chi connectivity index (χ3v) is 5.36. The van der Waals surface area contributed by atoms with E-state index < -0.39 is 12.3 Å². The van der Waals surface area contributed by atoms with Crippen LogP contribution in [0, 0.1) is 6.92 Å². The summed E-state index contributed by atoms with van der Waals surface area (Å²) in [5, 5.41) is 11.1. The lowest BCUT2D eigenvalue weighted by molar-refractivity contribution is 0.102. The summed E-state index contributed by atoms with van der Waals surface area (Å²) >= 11 is 0. The summed E-state index contributed by atoms with van der Waals surface area (Å²) in [7, 11) is 0. The lowest BCUT2D eigenvalue weighted by Crippen LogP contribution is -2.12. The Morgan fingerprint density at radius 3 is 2.62 bits per heavy atom. The molecule has 170 valence electrons. The Labute approximate surface area is 193 Å². The highest BCUT2D eigenvalue weighted by Gasteiger charge is 2.22. The van der Waals surface area contributed by atoms with E-state index in [9.17, 15) is 13.6 Å². The Hall–Kier alpha value is -4.40. The number of nitrogens with one attached hydrogen (secondary N) is 1. The van der Waals surface area contributed by atoms with Crippen LogP contribution in [-0.2, 0) is 6.54 Å². The smallest absolute Gasteiger partial charge is 0.280 e. The van der Waals surface area contributed by atoms with E-state index in [1.54, 1.807) is 35.1 Å². The number of aryl methyl sites for hydroxylation is 1. The molecule has 0 aliphatic rings. The van der Waals surface area contributed by atoms with Crippen molar-refractivity contribution in [3.8, 4) is 11.3 Å². The van der Waals surface area contributed by atoms with Gasteiger partial charge in [0.05, 0.1) is 30.3 Å². The monoisotopic (exact) mass is 458 g/mol. The quantitative estimate of drug-likeness (QED) is 0.382. The van der Waals surface area contributed by atoms with Crippen LogP contribution in [-0.4, -0.2) is 30.3 Å². The van der Waals surface area contributed by atoms with Gasteiger partial charge in [-0.2, -0.15) is 10.2 Å². The predicted molar refractivity (Wildman–Crippen MR) is 124 cm³/mol. The van der Waals surface area contributed by atoms with Gasteiger partial charge in [-0.05, 0) is 18.6 Å². The zero-order chi connectivity index (χ0) is 23.7. The Morgan fingerprint density at radius 1 is 1.03 bits per heavy atom. The van der Waals surface area contributed by atoms with Crippen LogP contribution in [0.15, 0.2) is 79.3 Å². The van der Waals surface area contributed by atoms with Crippen molar-refractivity contribution >= 4 is 17.2 Å². The molecular weight excluding hydrogens is 438 g/mol. The summed E-state index contributed by atoms with van der Waals surface area (Å²) in [6.07, 6.45) is 1.70. The van der Waals surface area contributed by atoms with E-state index in [0.717, 1.165) is 15.6 Å². The molecule has 0 atom stereocenters. The van der Waals surface area contributed by atoms with Gasteiger partial charge in [0.15, 0.2) is 5.65 Å². The van der Waals surface area contributed by atoms with E-state index in [2.05, 4.69) is 26.6 Å². The maximum Gasteiger partial charge on any atom is 0.280 e. The van der Waals surface area contributed by atoms with Crippen LogP contribution >= 0.6 is 0 Å². The number of alkyl halides is 2. The summed E-state index contributed by atoms with van der Waals surface area (Å²) < 4.78 is 30.2. The first-order valence-electron chi connectivity index (χ1n) is 10.6. The van der Waals surface area contributed by atoms with E-state index >= 15 is 0 Å². The fraction of sp³-hybridized carbons (Fsp3) is 0.120. The summed E-state index contributed by atoms with van der Waals surface area (Å²) in [6.45, 7) is 2.57. The van der Waals surface area contributed by atoms with Crippen LogP contribution in [0.2, 0.25) is 0 Å². The normalized spacial score (nSPS) is 11.3. The third-order valence-electron chi connectivity index (χ3n) is 5.36. The van der Waals surface area contributed by atoms with Gasteiger partial charge in [0.1, 0.15) is 11.3 Å². The molecule has 0 spiro atoms. The molecule has 1 amide bonds. The van der Waals surface area contributed by atoms with Gasteiger partial charge >= 0.3 is 0 Å². The van der Waals surface area contributed by atoms with Crippen LogP contribution in [0.3, 0.4) is 0 Å². The van der Waals surface area contributed by atoms with E-state index in [4.69, 9.17) is 0 Å². The van der Waals surface area contributed by atoms with Gasteiger partial charge in [-0.25, -0.2) is 18.3 Å². The van der Waals surface area contributed by atoms with Crippen molar-refractivity contribution in [2.75, 3.05) is 5.32 Å². The van der Waals surface area contributed by atoms with E-state index in [-0.39, 0.29) is 16.9 Å². The minimum absolute atomic E-state index is 0.0568. The molecule has 3 heterocycles. The van der Waals surface area contributed by atoms with E-state index in [1.165, 1.54) is 18.5 Å². The van der Waals surface area contributed by atoms with Gasteiger partial charge < -0.3 is 5.32 Å². The summed E-state index contributed by atoms with van der Waals surface area (Å²) in [5.74, 6) is -0.511. The average molecular weight is 458 g/mol. The molecule has 3 aromatic heterocycles. The molecule has 5 aromatic rings. The van der Waals surface area contributed by atoms with Crippen LogP contribution in [0.4, 0.5) is 14.5 Å². The first kappa shape index (κ1) is 21.4. The van der Waals surface area contributed by atoms with Crippen LogP contribution in [0.1, 0.15) is 33.6 Å². The van der Waals surface area contributed by atoms with Gasteiger partial charge in [-0.1, -0.05) is 60.2 Å². The largest absolute Gasteiger partial charge is 0.319 e. The van der Waals surface area contributed by atoms with Crippen molar-refractivity contribution in [1.29, 1.82) is 0 Å². The highest BCUT2D eigenvalue weighted by atomic mass is 19.3. The Balaban J connectivity index is 1.43. The summed E-state index contributed by atoms with van der Waals surface area (Å²) in [5.41, 5.74) is 3.52. The van der Waals surface area contributed by atoms with Crippen molar-refractivity contribution in [3.05, 3.63) is 102 Å². The van der Waals surface area contributed by atoms with Gasteiger partial charge in [0.2, 0.25) is 0 Å². The van der Waals surface area contributed by atoms with Crippen molar-refractivity contribution in [3.63, 3.8) is 0 Å². The van der Waals surface area contributed by atoms with Crippen LogP contribution in [0.5, 0.6) is 0 Å². The van der Waals surface area contributed by atoms with Crippen LogP contribution < -0.4 is 5.32 Å². The standard InChI is InChI=1S/C25H20F2N6O/c1-16-6-5-7-17(10-16)14-32-15-19(12-28-32)30-25(34)20-13-29-33-22(23(26)27)11-21(31-24(20)33)18-8-3-2-4-9-18/h2-13,15,23H,14H2,1H3,(H,30,34). The molecule has 1 N–H and O–H groups in total. The SMILES string of the molecule is Cc1cccc(Cn2cc(NC(=O)c3cnn4c(C(F)F)cc(-c5ccccc5)nc34)cn2)c1. The second-order valence-corrected chi connectivity index (χ2v) is 7.90. The number of carbonyl (C=O) groups is 1. The number of benzene rings is 2. The number of anilines is 1. The molecule has 2 aromatic carbocycles. The summed E-state index contributed by atoms with van der Waals surface area (Å²) in [4.78, 5) is 17.5. The van der Waals surface area contributed by atoms with Crippen LogP contribution in [0.25, 0.3) is 16.9 Å². The van der Waals surface area contributed by atoms with Crippen molar-refractivity contribution < 1.29 is 13.6 Å². The Bertz CT molecular complexity index is 1480. The molecule has 0 aliphatic carbocycles. The zero-order valence-electron chi connectivity index (χ0n) is 18.2. The second kappa shape index (κ2) is 8.86. The highest BCUT2D eigenvalue weighted by Crippen LogP contribution is 2.27. The molecule has 0 fully saturated rings. The highest BCUT2D eigenvalue weighted by molar-refractivity contribution is 6.08.